The molecule has 3 aliphatic rings. The number of ether oxygens (including phenoxy) is 4. The molecule has 2 aromatic carbocycles. The molecule has 2 aliphatic heterocycles. The van der Waals surface area contributed by atoms with E-state index in [4.69, 9.17) is 18.9 Å². The van der Waals surface area contributed by atoms with Crippen LogP contribution >= 0.6 is 0 Å². The van der Waals surface area contributed by atoms with Crippen molar-refractivity contribution < 1.29 is 38.4 Å². The first-order valence-corrected chi connectivity index (χ1v) is 13.6. The topological polar surface area (TPSA) is 108 Å². The Bertz CT molecular complexity index is 1210. The van der Waals surface area contributed by atoms with Gasteiger partial charge in [-0.1, -0.05) is 48.6 Å². The van der Waals surface area contributed by atoms with Crippen molar-refractivity contribution in [1.82, 2.24) is 0 Å². The number of para-hydroxylation sites is 1. The fourth-order valence-corrected chi connectivity index (χ4v) is 5.91. The van der Waals surface area contributed by atoms with Gasteiger partial charge in [-0.05, 0) is 38.0 Å². The number of benzene rings is 2. The second-order valence-electron chi connectivity index (χ2n) is 10.5. The molecule has 5 rings (SSSR count). The van der Waals surface area contributed by atoms with Crippen LogP contribution in [-0.4, -0.2) is 47.9 Å². The van der Waals surface area contributed by atoms with Gasteiger partial charge in [-0.15, -0.1) is 0 Å². The molecule has 206 valence electrons. The molecule has 8 nitrogen and oxygen atoms in total. The van der Waals surface area contributed by atoms with Crippen LogP contribution in [0.5, 0.6) is 5.75 Å². The Morgan fingerprint density at radius 2 is 1.85 bits per heavy atom. The molecule has 1 saturated carbocycles. The quantitative estimate of drug-likeness (QED) is 0.357. The van der Waals surface area contributed by atoms with E-state index < -0.39 is 30.4 Å². The molecule has 0 amide bonds. The molecule has 2 heterocycles. The Labute approximate surface area is 227 Å². The third-order valence-corrected chi connectivity index (χ3v) is 7.83. The summed E-state index contributed by atoms with van der Waals surface area (Å²) in [6.07, 6.45) is 4.23. The second kappa shape index (κ2) is 12.1. The van der Waals surface area contributed by atoms with E-state index in [9.17, 15) is 19.5 Å². The van der Waals surface area contributed by atoms with Gasteiger partial charge in [-0.25, -0.2) is 4.79 Å². The van der Waals surface area contributed by atoms with Gasteiger partial charge < -0.3 is 28.8 Å². The van der Waals surface area contributed by atoms with Crippen LogP contribution in [0.4, 0.5) is 0 Å². The van der Waals surface area contributed by atoms with Gasteiger partial charge in [0.15, 0.2) is 6.29 Å². The lowest BCUT2D eigenvalue weighted by Gasteiger charge is -2.41. The maximum Gasteiger partial charge on any atom is 0.338 e. The third-order valence-electron chi connectivity index (χ3n) is 7.83. The van der Waals surface area contributed by atoms with Crippen LogP contribution in [-0.2, 0) is 28.5 Å². The molecule has 0 bridgehead atoms. The maximum absolute atomic E-state index is 12.9. The number of phenols is 1. The first kappa shape index (κ1) is 27.1. The van der Waals surface area contributed by atoms with Gasteiger partial charge in [0.2, 0.25) is 0 Å². The molecule has 39 heavy (non-hydrogen) atoms. The highest BCUT2D eigenvalue weighted by atomic mass is 16.7. The van der Waals surface area contributed by atoms with Crippen molar-refractivity contribution in [2.45, 2.75) is 63.6 Å². The molecule has 2 saturated heterocycles. The molecule has 8 heteroatoms. The number of phenolic OH excluding ortho intramolecular Hbond substituents is 1. The van der Waals surface area contributed by atoms with Crippen LogP contribution in [0.2, 0.25) is 0 Å². The molecular formula is C31H34O8. The Kier molecular flexibility index (Phi) is 8.43. The van der Waals surface area contributed by atoms with Crippen LogP contribution in [0, 0.1) is 17.8 Å². The minimum atomic E-state index is -0.759. The molecular weight excluding hydrogens is 500 g/mol. The number of Topliss-reactive ketones (excluding diaryl/α,β-unsaturated/α-hetero) is 1. The monoisotopic (exact) mass is 534 g/mol. The van der Waals surface area contributed by atoms with Crippen LogP contribution in [0.1, 0.15) is 61.1 Å². The number of esters is 2. The van der Waals surface area contributed by atoms with Crippen LogP contribution in [0.15, 0.2) is 66.7 Å². The minimum absolute atomic E-state index is 0.0906. The fraction of sp³-hybridized carbons (Fsp3) is 0.452. The van der Waals surface area contributed by atoms with Crippen LogP contribution in [0.3, 0.4) is 0 Å². The molecule has 2 aromatic rings. The van der Waals surface area contributed by atoms with E-state index in [1.54, 1.807) is 43.3 Å². The van der Waals surface area contributed by atoms with Gasteiger partial charge in [-0.3, -0.25) is 4.79 Å². The third kappa shape index (κ3) is 6.23. The number of allylic oxidation sites excluding steroid dienone is 2. The van der Waals surface area contributed by atoms with Crippen molar-refractivity contribution in [3.8, 4) is 5.75 Å². The Hall–Kier alpha value is -3.49. The first-order valence-electron chi connectivity index (χ1n) is 13.6. The van der Waals surface area contributed by atoms with E-state index in [0.29, 0.717) is 43.4 Å². The number of rotatable bonds is 9. The normalized spacial score (nSPS) is 30.2. The molecule has 0 spiro atoms. The van der Waals surface area contributed by atoms with Crippen molar-refractivity contribution in [3.05, 3.63) is 77.9 Å². The number of hydrogen-bond donors (Lipinski definition) is 1. The molecule has 1 unspecified atom stereocenters. The SMILES string of the molecule is CC(=O)CC/C=C\C[C@@H]1CO[C@H](C2[C@H]3CC(=O)O[C@H]3C[C@H]2OC(=O)c2ccccc2)O[C@@H]1c1ccccc1O. The summed E-state index contributed by atoms with van der Waals surface area (Å²) in [5, 5.41) is 10.7. The second-order valence-corrected chi connectivity index (χ2v) is 10.5. The fourth-order valence-electron chi connectivity index (χ4n) is 5.91. The Morgan fingerprint density at radius 3 is 2.62 bits per heavy atom. The highest BCUT2D eigenvalue weighted by molar-refractivity contribution is 5.89. The number of fused-ring (bicyclic) bond motifs is 1. The van der Waals surface area contributed by atoms with Crippen molar-refractivity contribution in [2.24, 2.45) is 17.8 Å². The zero-order valence-electron chi connectivity index (χ0n) is 21.9. The molecule has 0 radical (unpaired) electrons. The summed E-state index contributed by atoms with van der Waals surface area (Å²) in [7, 11) is 0. The van der Waals surface area contributed by atoms with E-state index in [1.165, 1.54) is 0 Å². The number of carbonyl (C=O) groups excluding carboxylic acids is 3. The van der Waals surface area contributed by atoms with Crippen molar-refractivity contribution in [3.63, 3.8) is 0 Å². The lowest BCUT2D eigenvalue weighted by molar-refractivity contribution is -0.272. The van der Waals surface area contributed by atoms with E-state index in [-0.39, 0.29) is 41.9 Å². The van der Waals surface area contributed by atoms with Crippen molar-refractivity contribution in [1.29, 1.82) is 0 Å². The smallest absolute Gasteiger partial charge is 0.338 e. The average Bonchev–Trinajstić information content (AvgIpc) is 3.44. The highest BCUT2D eigenvalue weighted by Gasteiger charge is 2.56. The van der Waals surface area contributed by atoms with Gasteiger partial charge >= 0.3 is 11.9 Å². The molecule has 7 atom stereocenters. The lowest BCUT2D eigenvalue weighted by atomic mass is 9.88. The van der Waals surface area contributed by atoms with E-state index in [1.807, 2.05) is 30.4 Å². The number of hydrogen-bond acceptors (Lipinski definition) is 8. The molecule has 0 aromatic heterocycles. The van der Waals surface area contributed by atoms with E-state index >= 15 is 0 Å². The van der Waals surface area contributed by atoms with E-state index in [0.717, 1.165) is 0 Å². The molecule has 1 N–H and O–H groups in total. The lowest BCUT2D eigenvalue weighted by Crippen LogP contribution is -2.44. The first-order chi connectivity index (χ1) is 18.9. The van der Waals surface area contributed by atoms with Crippen molar-refractivity contribution >= 4 is 17.7 Å². The minimum Gasteiger partial charge on any atom is -0.508 e. The van der Waals surface area contributed by atoms with Crippen molar-refractivity contribution in [2.75, 3.05) is 6.61 Å². The van der Waals surface area contributed by atoms with Crippen LogP contribution < -0.4 is 0 Å². The van der Waals surface area contributed by atoms with Gasteiger partial charge in [0.05, 0.1) is 30.6 Å². The number of aromatic hydroxyl groups is 1. The molecule has 1 aliphatic carbocycles. The van der Waals surface area contributed by atoms with Crippen LogP contribution in [0.25, 0.3) is 0 Å². The largest absolute Gasteiger partial charge is 0.508 e. The predicted molar refractivity (Wildman–Crippen MR) is 141 cm³/mol. The van der Waals surface area contributed by atoms with E-state index in [2.05, 4.69) is 0 Å². The van der Waals surface area contributed by atoms with Gasteiger partial charge in [0, 0.05) is 30.2 Å². The summed E-state index contributed by atoms with van der Waals surface area (Å²) < 4.78 is 24.4. The summed E-state index contributed by atoms with van der Waals surface area (Å²) in [6, 6.07) is 15.8. The summed E-state index contributed by atoms with van der Waals surface area (Å²) in [4.78, 5) is 36.3. The average molecular weight is 535 g/mol. The summed E-state index contributed by atoms with van der Waals surface area (Å²) in [6.45, 7) is 1.93. The summed E-state index contributed by atoms with van der Waals surface area (Å²) in [5.41, 5.74) is 1.10. The summed E-state index contributed by atoms with van der Waals surface area (Å²) >= 11 is 0. The Morgan fingerprint density at radius 1 is 1.08 bits per heavy atom. The zero-order valence-corrected chi connectivity index (χ0v) is 21.9. The standard InChI is InChI=1S/C31H34O8/c1-19(32)10-4-2-7-13-21-18-36-31(39-29(21)22-14-8-9-15-24(22)33)28-23-16-27(34)37-25(23)17-26(28)38-30(35)20-11-5-3-6-12-20/h2-3,5-9,11-12,14-15,21,23,25-26,28-29,31,33H,4,10,13,16-18H2,1H3/b7-2-/t21-,23+,25+,26-,28?,29+,31+/m1/s1. The predicted octanol–water partition coefficient (Wildman–Crippen LogP) is 4.92. The number of carbonyl (C=O) groups is 3. The van der Waals surface area contributed by atoms with Gasteiger partial charge in [0.1, 0.15) is 23.7 Å². The zero-order chi connectivity index (χ0) is 27.4. The number of ketones is 1. The van der Waals surface area contributed by atoms with Gasteiger partial charge in [0.25, 0.3) is 0 Å². The maximum atomic E-state index is 12.9. The summed E-state index contributed by atoms with van der Waals surface area (Å²) in [5.74, 6) is -1.15. The Balaban J connectivity index is 1.36. The molecule has 3 fully saturated rings. The highest BCUT2D eigenvalue weighted by Crippen LogP contribution is 2.49. The van der Waals surface area contributed by atoms with Gasteiger partial charge in [-0.2, -0.15) is 0 Å².